The second-order valence-electron chi connectivity index (χ2n) is 26.3. The summed E-state index contributed by atoms with van der Waals surface area (Å²) in [5, 5.41) is 23.5. The highest BCUT2D eigenvalue weighted by atomic mass is 16.5. The van der Waals surface area contributed by atoms with Crippen molar-refractivity contribution in [2.45, 2.75) is 443 Å². The van der Waals surface area contributed by atoms with Crippen LogP contribution in [0.2, 0.25) is 0 Å². The molecule has 2 atom stereocenters. The standard InChI is InChI=1S/C77H149NO5/c1-3-5-7-9-11-13-15-17-18-19-20-21-22-30-33-36-39-42-46-49-53-57-61-65-69-75(80)74(73-79)78-76(81)70-66-62-58-54-50-47-43-40-37-34-31-28-26-24-23-25-27-29-32-35-38-41-44-48-52-56-60-64-68-72-83-77(82)71-67-63-59-55-51-45-16-14-12-10-8-6-4-2/h8,10,14,16,74-75,79-80H,3-7,9,11-13,15,17-73H2,1-2H3,(H,78,81)/b10-8-,16-14-. The fourth-order valence-electron chi connectivity index (χ4n) is 12.2. The highest BCUT2D eigenvalue weighted by molar-refractivity contribution is 5.76. The van der Waals surface area contributed by atoms with Crippen molar-refractivity contribution in [2.24, 2.45) is 0 Å². The van der Waals surface area contributed by atoms with Gasteiger partial charge in [-0.25, -0.2) is 0 Å². The van der Waals surface area contributed by atoms with Crippen LogP contribution in [0.5, 0.6) is 0 Å². The maximum atomic E-state index is 12.6. The summed E-state index contributed by atoms with van der Waals surface area (Å²) in [5.41, 5.74) is 0. The van der Waals surface area contributed by atoms with Crippen LogP contribution in [0.3, 0.4) is 0 Å². The van der Waals surface area contributed by atoms with Crippen molar-refractivity contribution in [1.82, 2.24) is 5.32 Å². The lowest BCUT2D eigenvalue weighted by molar-refractivity contribution is -0.143. The summed E-state index contributed by atoms with van der Waals surface area (Å²) in [4.78, 5) is 24.6. The smallest absolute Gasteiger partial charge is 0.305 e. The van der Waals surface area contributed by atoms with Gasteiger partial charge in [-0.05, 0) is 51.4 Å². The van der Waals surface area contributed by atoms with E-state index in [1.165, 1.54) is 347 Å². The highest BCUT2D eigenvalue weighted by Crippen LogP contribution is 2.20. The second kappa shape index (κ2) is 72.8. The van der Waals surface area contributed by atoms with Crippen molar-refractivity contribution < 1.29 is 24.5 Å². The molecule has 0 fully saturated rings. The zero-order valence-corrected chi connectivity index (χ0v) is 56.5. The molecule has 492 valence electrons. The molecule has 6 heteroatoms. The minimum atomic E-state index is -0.663. The SMILES string of the molecule is CCC/C=C\C/C=C\CCCCCCCC(=O)OCCCCCCCCCCCCCCCCCCCCCCCCCCCCCCCC(=O)NC(CO)C(O)CCCCCCCCCCCCCCCCCCCCCCCCCC. The number of unbranched alkanes of at least 4 members (excludes halogenated alkanes) is 57. The summed E-state index contributed by atoms with van der Waals surface area (Å²) in [6, 6.07) is -0.540. The molecule has 83 heavy (non-hydrogen) atoms. The first-order valence-corrected chi connectivity index (χ1v) is 38.1. The summed E-state index contributed by atoms with van der Waals surface area (Å²) in [6.07, 6.45) is 92.6. The van der Waals surface area contributed by atoms with Crippen molar-refractivity contribution in [1.29, 1.82) is 0 Å². The molecule has 0 saturated carbocycles. The van der Waals surface area contributed by atoms with Gasteiger partial charge in [-0.3, -0.25) is 9.59 Å². The molecule has 0 aliphatic heterocycles. The van der Waals surface area contributed by atoms with Crippen LogP contribution in [-0.4, -0.2) is 47.4 Å². The molecule has 0 aromatic heterocycles. The molecule has 0 aromatic rings. The first kappa shape index (κ1) is 81.3. The van der Waals surface area contributed by atoms with Crippen LogP contribution in [0.15, 0.2) is 24.3 Å². The fraction of sp³-hybridized carbons (Fsp3) is 0.922. The summed E-state index contributed by atoms with van der Waals surface area (Å²) in [7, 11) is 0. The van der Waals surface area contributed by atoms with Crippen molar-refractivity contribution >= 4 is 11.9 Å². The number of hydrogen-bond donors (Lipinski definition) is 3. The summed E-state index contributed by atoms with van der Waals surface area (Å²) in [5.74, 6) is -0.0210. The minimum Gasteiger partial charge on any atom is -0.466 e. The molecule has 1 amide bonds. The van der Waals surface area contributed by atoms with E-state index in [1.807, 2.05) is 0 Å². The number of aliphatic hydroxyl groups is 2. The monoisotopic (exact) mass is 1170 g/mol. The molecule has 0 rings (SSSR count). The molecule has 0 heterocycles. The van der Waals surface area contributed by atoms with Crippen LogP contribution in [0.25, 0.3) is 0 Å². The third-order valence-electron chi connectivity index (χ3n) is 18.0. The number of carbonyl (C=O) groups is 2. The molecule has 0 aliphatic carbocycles. The summed E-state index contributed by atoms with van der Waals surface area (Å²) < 4.78 is 5.48. The molecule has 2 unspecified atom stereocenters. The average Bonchev–Trinajstić information content (AvgIpc) is 3.48. The lowest BCUT2D eigenvalue weighted by Crippen LogP contribution is -2.45. The van der Waals surface area contributed by atoms with Crippen molar-refractivity contribution in [2.75, 3.05) is 13.2 Å². The topological polar surface area (TPSA) is 95.9 Å². The van der Waals surface area contributed by atoms with Gasteiger partial charge in [0.2, 0.25) is 5.91 Å². The van der Waals surface area contributed by atoms with Gasteiger partial charge < -0.3 is 20.3 Å². The average molecular weight is 1170 g/mol. The lowest BCUT2D eigenvalue weighted by Gasteiger charge is -2.22. The van der Waals surface area contributed by atoms with Crippen LogP contribution in [-0.2, 0) is 14.3 Å². The Morgan fingerprint density at radius 3 is 0.964 bits per heavy atom. The summed E-state index contributed by atoms with van der Waals surface area (Å²) in [6.45, 7) is 4.93. The van der Waals surface area contributed by atoms with Crippen molar-refractivity contribution in [3.63, 3.8) is 0 Å². The molecule has 3 N–H and O–H groups in total. The van der Waals surface area contributed by atoms with Gasteiger partial charge in [0.15, 0.2) is 0 Å². The molecule has 0 aliphatic rings. The fourth-order valence-corrected chi connectivity index (χ4v) is 12.2. The number of allylic oxidation sites excluding steroid dienone is 4. The Labute approximate surface area is 520 Å². The quantitative estimate of drug-likeness (QED) is 0.0320. The van der Waals surface area contributed by atoms with Crippen LogP contribution in [0.4, 0.5) is 0 Å². The number of amides is 1. The summed E-state index contributed by atoms with van der Waals surface area (Å²) >= 11 is 0. The van der Waals surface area contributed by atoms with E-state index in [2.05, 4.69) is 43.5 Å². The van der Waals surface area contributed by atoms with Gasteiger partial charge in [0.25, 0.3) is 0 Å². The molecular formula is C77H149NO5. The van der Waals surface area contributed by atoms with Gasteiger partial charge in [-0.2, -0.15) is 0 Å². The van der Waals surface area contributed by atoms with E-state index in [-0.39, 0.29) is 18.5 Å². The maximum Gasteiger partial charge on any atom is 0.305 e. The van der Waals surface area contributed by atoms with E-state index in [1.54, 1.807) is 0 Å². The number of aliphatic hydroxyl groups excluding tert-OH is 2. The normalized spacial score (nSPS) is 12.6. The Bertz CT molecular complexity index is 1300. The second-order valence-corrected chi connectivity index (χ2v) is 26.3. The number of hydrogen-bond acceptors (Lipinski definition) is 5. The van der Waals surface area contributed by atoms with Gasteiger partial charge in [0.05, 0.1) is 25.4 Å². The molecule has 0 aromatic carbocycles. The van der Waals surface area contributed by atoms with Crippen molar-refractivity contribution in [3.8, 4) is 0 Å². The van der Waals surface area contributed by atoms with Gasteiger partial charge in [0, 0.05) is 12.8 Å². The molecule has 6 nitrogen and oxygen atoms in total. The number of nitrogens with one attached hydrogen (secondary N) is 1. The van der Waals surface area contributed by atoms with Gasteiger partial charge in [0.1, 0.15) is 0 Å². The number of rotatable bonds is 72. The first-order chi connectivity index (χ1) is 41.0. The largest absolute Gasteiger partial charge is 0.466 e. The molecule has 0 spiro atoms. The van der Waals surface area contributed by atoms with E-state index in [0.717, 1.165) is 51.4 Å². The first-order valence-electron chi connectivity index (χ1n) is 38.1. The molecular weight excluding hydrogens is 1020 g/mol. The van der Waals surface area contributed by atoms with Crippen LogP contribution in [0.1, 0.15) is 431 Å². The lowest BCUT2D eigenvalue weighted by atomic mass is 10.0. The third-order valence-corrected chi connectivity index (χ3v) is 18.0. The van der Waals surface area contributed by atoms with Crippen LogP contribution >= 0.6 is 0 Å². The highest BCUT2D eigenvalue weighted by Gasteiger charge is 2.20. The predicted molar refractivity (Wildman–Crippen MR) is 366 cm³/mol. The van der Waals surface area contributed by atoms with Gasteiger partial charge in [-0.1, -0.05) is 391 Å². The van der Waals surface area contributed by atoms with Crippen LogP contribution < -0.4 is 5.32 Å². The minimum absolute atomic E-state index is 0.00496. The van der Waals surface area contributed by atoms with Gasteiger partial charge >= 0.3 is 5.97 Å². The van der Waals surface area contributed by atoms with E-state index >= 15 is 0 Å². The predicted octanol–water partition coefficient (Wildman–Crippen LogP) is 24.9. The maximum absolute atomic E-state index is 12.6. The van der Waals surface area contributed by atoms with E-state index in [0.29, 0.717) is 25.9 Å². The van der Waals surface area contributed by atoms with Gasteiger partial charge in [-0.15, -0.1) is 0 Å². The number of carbonyl (C=O) groups excluding carboxylic acids is 2. The van der Waals surface area contributed by atoms with E-state index in [9.17, 15) is 19.8 Å². The van der Waals surface area contributed by atoms with Crippen LogP contribution in [0, 0.1) is 0 Å². The Morgan fingerprint density at radius 1 is 0.337 bits per heavy atom. The zero-order chi connectivity index (χ0) is 59.9. The third kappa shape index (κ3) is 69.3. The van der Waals surface area contributed by atoms with E-state index in [4.69, 9.17) is 4.74 Å². The number of ether oxygens (including phenoxy) is 1. The Kier molecular flexibility index (Phi) is 71.4. The Hall–Kier alpha value is -1.66. The van der Waals surface area contributed by atoms with Crippen molar-refractivity contribution in [3.05, 3.63) is 24.3 Å². The Balaban J connectivity index is 3.35. The molecule has 0 radical (unpaired) electrons. The molecule has 0 saturated heterocycles. The Morgan fingerprint density at radius 2 is 0.627 bits per heavy atom. The zero-order valence-electron chi connectivity index (χ0n) is 56.5. The molecule has 0 bridgehead atoms. The van der Waals surface area contributed by atoms with E-state index < -0.39 is 12.1 Å². The number of esters is 1.